The van der Waals surface area contributed by atoms with Crippen LogP contribution in [0.25, 0.3) is 0 Å². The van der Waals surface area contributed by atoms with Gasteiger partial charge < -0.3 is 9.80 Å². The van der Waals surface area contributed by atoms with E-state index in [4.69, 9.17) is 16.6 Å². The molecular weight excluding hydrogens is 435 g/mol. The lowest BCUT2D eigenvalue weighted by Crippen LogP contribution is -2.37. The molecule has 6 heteroatoms. The molecule has 1 aliphatic rings. The van der Waals surface area contributed by atoms with Crippen LogP contribution in [-0.2, 0) is 6.54 Å². The normalized spacial score (nSPS) is 15.5. The minimum atomic E-state index is 0. The van der Waals surface area contributed by atoms with Crippen molar-refractivity contribution in [2.75, 3.05) is 47.8 Å². The lowest BCUT2D eigenvalue weighted by molar-refractivity contribution is 0.180. The van der Waals surface area contributed by atoms with Crippen LogP contribution >= 0.6 is 35.6 Å². The SMILES string of the molecule is CN(C)C(=NCC1CCN(Cc2ccccc2Cl)CC1)N(C)C.I. The molecule has 0 aliphatic carbocycles. The fraction of sp³-hybridized carbons (Fsp3) is 0.611. The van der Waals surface area contributed by atoms with Crippen LogP contribution in [0.3, 0.4) is 0 Å². The topological polar surface area (TPSA) is 22.1 Å². The van der Waals surface area contributed by atoms with E-state index >= 15 is 0 Å². The molecule has 1 fully saturated rings. The van der Waals surface area contributed by atoms with Crippen molar-refractivity contribution in [3.05, 3.63) is 34.9 Å². The number of rotatable bonds is 4. The number of piperidine rings is 1. The molecule has 0 amide bonds. The third kappa shape index (κ3) is 6.41. The molecule has 24 heavy (non-hydrogen) atoms. The van der Waals surface area contributed by atoms with Gasteiger partial charge in [0.1, 0.15) is 0 Å². The molecule has 0 radical (unpaired) electrons. The minimum absolute atomic E-state index is 0. The molecule has 0 atom stereocenters. The maximum atomic E-state index is 6.26. The molecular formula is C18H30ClIN4. The second-order valence-corrected chi connectivity index (χ2v) is 7.15. The number of hydrogen-bond acceptors (Lipinski definition) is 2. The Balaban J connectivity index is 0.00000288. The first kappa shape index (κ1) is 21.5. The van der Waals surface area contributed by atoms with E-state index in [9.17, 15) is 0 Å². The lowest BCUT2D eigenvalue weighted by Gasteiger charge is -2.32. The molecule has 1 aliphatic heterocycles. The average Bonchev–Trinajstić information content (AvgIpc) is 2.50. The van der Waals surface area contributed by atoms with Crippen molar-refractivity contribution in [1.29, 1.82) is 0 Å². The summed E-state index contributed by atoms with van der Waals surface area (Å²) in [5.41, 5.74) is 1.23. The summed E-state index contributed by atoms with van der Waals surface area (Å²) in [7, 11) is 8.19. The summed E-state index contributed by atoms with van der Waals surface area (Å²) in [6.07, 6.45) is 2.42. The molecule has 136 valence electrons. The molecule has 0 N–H and O–H groups in total. The zero-order chi connectivity index (χ0) is 16.8. The third-order valence-corrected chi connectivity index (χ3v) is 4.72. The Morgan fingerprint density at radius 3 is 2.25 bits per heavy atom. The maximum Gasteiger partial charge on any atom is 0.195 e. The van der Waals surface area contributed by atoms with Crippen LogP contribution < -0.4 is 0 Å². The second kappa shape index (κ2) is 10.5. The predicted molar refractivity (Wildman–Crippen MR) is 115 cm³/mol. The van der Waals surface area contributed by atoms with Gasteiger partial charge in [-0.2, -0.15) is 0 Å². The number of likely N-dealkylation sites (tertiary alicyclic amines) is 1. The first-order chi connectivity index (χ1) is 11.0. The molecule has 1 heterocycles. The van der Waals surface area contributed by atoms with E-state index in [0.717, 1.165) is 37.2 Å². The highest BCUT2D eigenvalue weighted by Gasteiger charge is 2.20. The van der Waals surface area contributed by atoms with Crippen molar-refractivity contribution >= 4 is 41.5 Å². The fourth-order valence-corrected chi connectivity index (χ4v) is 3.28. The van der Waals surface area contributed by atoms with Crippen LogP contribution in [-0.4, -0.2) is 68.5 Å². The Bertz CT molecular complexity index is 516. The van der Waals surface area contributed by atoms with E-state index in [-0.39, 0.29) is 24.0 Å². The van der Waals surface area contributed by atoms with Gasteiger partial charge in [-0.1, -0.05) is 29.8 Å². The van der Waals surface area contributed by atoms with E-state index in [0.29, 0.717) is 5.92 Å². The highest BCUT2D eigenvalue weighted by atomic mass is 127. The highest BCUT2D eigenvalue weighted by Crippen LogP contribution is 2.22. The van der Waals surface area contributed by atoms with Gasteiger partial charge in [-0.25, -0.2) is 0 Å². The summed E-state index contributed by atoms with van der Waals surface area (Å²) < 4.78 is 0. The molecule has 0 bridgehead atoms. The molecule has 1 aromatic carbocycles. The van der Waals surface area contributed by atoms with Gasteiger partial charge >= 0.3 is 0 Å². The first-order valence-corrected chi connectivity index (χ1v) is 8.70. The summed E-state index contributed by atoms with van der Waals surface area (Å²) in [6.45, 7) is 4.14. The molecule has 1 aromatic rings. The number of nitrogens with zero attached hydrogens (tertiary/aromatic N) is 4. The van der Waals surface area contributed by atoms with E-state index in [2.05, 4.69) is 26.8 Å². The van der Waals surface area contributed by atoms with Crippen molar-refractivity contribution in [3.63, 3.8) is 0 Å². The van der Waals surface area contributed by atoms with E-state index in [1.54, 1.807) is 0 Å². The van der Waals surface area contributed by atoms with Gasteiger partial charge in [-0.3, -0.25) is 9.89 Å². The minimum Gasteiger partial charge on any atom is -0.349 e. The van der Waals surface area contributed by atoms with Crippen LogP contribution in [0.2, 0.25) is 5.02 Å². The Morgan fingerprint density at radius 2 is 1.71 bits per heavy atom. The van der Waals surface area contributed by atoms with E-state index in [1.807, 2.05) is 40.3 Å². The quantitative estimate of drug-likeness (QED) is 0.386. The second-order valence-electron chi connectivity index (χ2n) is 6.74. The van der Waals surface area contributed by atoms with E-state index < -0.39 is 0 Å². The van der Waals surface area contributed by atoms with Gasteiger partial charge in [0.2, 0.25) is 0 Å². The predicted octanol–water partition coefficient (Wildman–Crippen LogP) is 3.65. The van der Waals surface area contributed by atoms with Crippen molar-refractivity contribution in [2.45, 2.75) is 19.4 Å². The Labute approximate surface area is 168 Å². The van der Waals surface area contributed by atoms with Crippen molar-refractivity contribution in [3.8, 4) is 0 Å². The average molecular weight is 465 g/mol. The van der Waals surface area contributed by atoms with Gasteiger partial charge in [0.05, 0.1) is 0 Å². The number of benzene rings is 1. The third-order valence-electron chi connectivity index (χ3n) is 4.35. The van der Waals surface area contributed by atoms with Crippen LogP contribution in [0.5, 0.6) is 0 Å². The number of halogens is 2. The van der Waals surface area contributed by atoms with Gasteiger partial charge in [-0.05, 0) is 43.5 Å². The fourth-order valence-electron chi connectivity index (χ4n) is 3.09. The Hall–Kier alpha value is -0.530. The smallest absolute Gasteiger partial charge is 0.195 e. The van der Waals surface area contributed by atoms with Crippen molar-refractivity contribution in [1.82, 2.24) is 14.7 Å². The monoisotopic (exact) mass is 464 g/mol. The maximum absolute atomic E-state index is 6.26. The largest absolute Gasteiger partial charge is 0.349 e. The van der Waals surface area contributed by atoms with E-state index in [1.165, 1.54) is 18.4 Å². The standard InChI is InChI=1S/C18H29ClN4.HI/c1-21(2)18(22(3)4)20-13-15-9-11-23(12-10-15)14-16-7-5-6-8-17(16)19;/h5-8,15H,9-14H2,1-4H3;1H. The molecule has 0 saturated carbocycles. The summed E-state index contributed by atoms with van der Waals surface area (Å²) in [5, 5.41) is 0.876. The van der Waals surface area contributed by atoms with Crippen molar-refractivity contribution in [2.24, 2.45) is 10.9 Å². The summed E-state index contributed by atoms with van der Waals surface area (Å²) in [4.78, 5) is 11.5. The Morgan fingerprint density at radius 1 is 1.12 bits per heavy atom. The van der Waals surface area contributed by atoms with Crippen LogP contribution in [0.15, 0.2) is 29.3 Å². The molecule has 4 nitrogen and oxygen atoms in total. The molecule has 1 saturated heterocycles. The van der Waals surface area contributed by atoms with Gasteiger partial charge in [0.15, 0.2) is 5.96 Å². The number of guanidine groups is 1. The number of hydrogen-bond donors (Lipinski definition) is 0. The molecule has 0 aromatic heterocycles. The summed E-state index contributed by atoms with van der Waals surface area (Å²) >= 11 is 6.26. The van der Waals surface area contributed by atoms with Crippen LogP contribution in [0.4, 0.5) is 0 Å². The first-order valence-electron chi connectivity index (χ1n) is 8.32. The van der Waals surface area contributed by atoms with Crippen molar-refractivity contribution < 1.29 is 0 Å². The van der Waals surface area contributed by atoms with Crippen LogP contribution in [0.1, 0.15) is 18.4 Å². The summed E-state index contributed by atoms with van der Waals surface area (Å²) in [6, 6.07) is 8.15. The lowest BCUT2D eigenvalue weighted by atomic mass is 9.96. The number of aliphatic imine (C=N–C) groups is 1. The summed E-state index contributed by atoms with van der Waals surface area (Å²) in [5.74, 6) is 1.73. The molecule has 0 spiro atoms. The molecule has 0 unspecified atom stereocenters. The molecule has 2 rings (SSSR count). The van der Waals surface area contributed by atoms with Crippen LogP contribution in [0, 0.1) is 5.92 Å². The highest BCUT2D eigenvalue weighted by molar-refractivity contribution is 14.0. The van der Waals surface area contributed by atoms with Gasteiger partial charge in [0, 0.05) is 46.3 Å². The zero-order valence-corrected chi connectivity index (χ0v) is 18.3. The zero-order valence-electron chi connectivity index (χ0n) is 15.2. The van der Waals surface area contributed by atoms with Gasteiger partial charge in [-0.15, -0.1) is 24.0 Å². The van der Waals surface area contributed by atoms with Gasteiger partial charge in [0.25, 0.3) is 0 Å². The Kier molecular flexibility index (Phi) is 9.37.